The number of unbranched alkanes of at least 4 members (excludes halogenated alkanes) is 1. The zero-order valence-corrected chi connectivity index (χ0v) is 29.0. The summed E-state index contributed by atoms with van der Waals surface area (Å²) in [5, 5.41) is 0.938. The van der Waals surface area contributed by atoms with Gasteiger partial charge >= 0.3 is 5.97 Å². The topological polar surface area (TPSA) is 112 Å². The zero-order chi connectivity index (χ0) is 32.9. The molecule has 7 nitrogen and oxygen atoms in total. The molecule has 5 aliphatic carbocycles. The van der Waals surface area contributed by atoms with E-state index in [0.717, 1.165) is 23.8 Å². The van der Waals surface area contributed by atoms with Crippen molar-refractivity contribution in [2.24, 2.45) is 50.2 Å². The van der Waals surface area contributed by atoms with Crippen LogP contribution in [0.15, 0.2) is 22.6 Å². The highest BCUT2D eigenvalue weighted by molar-refractivity contribution is 7.94. The third kappa shape index (κ3) is 4.35. The van der Waals surface area contributed by atoms with Crippen LogP contribution in [-0.2, 0) is 33.8 Å². The Morgan fingerprint density at radius 1 is 0.955 bits per heavy atom. The summed E-state index contributed by atoms with van der Waals surface area (Å²) >= 11 is 0. The minimum Gasteiger partial charge on any atom is -0.469 e. The highest BCUT2D eigenvalue weighted by atomic mass is 32.2. The van der Waals surface area contributed by atoms with Crippen molar-refractivity contribution in [3.05, 3.63) is 22.6 Å². The van der Waals surface area contributed by atoms with E-state index in [1.807, 2.05) is 27.7 Å². The molecule has 0 spiro atoms. The van der Waals surface area contributed by atoms with Crippen LogP contribution in [0.1, 0.15) is 113 Å². The number of allylic oxidation sites excluding steroid dienone is 3. The number of carbonyl (C=O) groups is 4. The smallest absolute Gasteiger partial charge is 0.312 e. The van der Waals surface area contributed by atoms with Crippen molar-refractivity contribution >= 4 is 33.2 Å². The molecule has 0 amide bonds. The summed E-state index contributed by atoms with van der Waals surface area (Å²) < 4.78 is 31.5. The molecule has 4 fully saturated rings. The maximum atomic E-state index is 14.6. The number of esters is 1. The van der Waals surface area contributed by atoms with E-state index in [0.29, 0.717) is 44.9 Å². The Balaban J connectivity index is 1.69. The van der Waals surface area contributed by atoms with Gasteiger partial charge in [-0.3, -0.25) is 19.2 Å². The molecule has 5 aliphatic rings. The van der Waals surface area contributed by atoms with Crippen LogP contribution in [0.2, 0.25) is 0 Å². The van der Waals surface area contributed by atoms with Gasteiger partial charge < -0.3 is 4.74 Å². The second-order valence-electron chi connectivity index (χ2n) is 16.7. The van der Waals surface area contributed by atoms with E-state index in [2.05, 4.69) is 27.7 Å². The van der Waals surface area contributed by atoms with Crippen LogP contribution in [-0.4, -0.2) is 44.6 Å². The Morgan fingerprint density at radius 2 is 1.59 bits per heavy atom. The van der Waals surface area contributed by atoms with Gasteiger partial charge in [0.05, 0.1) is 29.3 Å². The molecule has 0 heterocycles. The lowest BCUT2D eigenvalue weighted by Gasteiger charge is -2.68. The van der Waals surface area contributed by atoms with Crippen molar-refractivity contribution in [1.82, 2.24) is 0 Å². The van der Waals surface area contributed by atoms with Crippen molar-refractivity contribution < 1.29 is 32.3 Å². The van der Waals surface area contributed by atoms with Crippen LogP contribution in [0.4, 0.5) is 0 Å². The second-order valence-corrected chi connectivity index (χ2v) is 18.7. The van der Waals surface area contributed by atoms with Gasteiger partial charge in [-0.25, -0.2) is 8.42 Å². The summed E-state index contributed by atoms with van der Waals surface area (Å²) in [4.78, 5) is 56.6. The quantitative estimate of drug-likeness (QED) is 0.192. The van der Waals surface area contributed by atoms with Crippen molar-refractivity contribution in [1.29, 1.82) is 0 Å². The number of rotatable bonds is 5. The first kappa shape index (κ1) is 33.3. The average molecular weight is 629 g/mol. The molecular formula is C36H52O7S. The van der Waals surface area contributed by atoms with E-state index in [4.69, 9.17) is 4.74 Å². The molecule has 0 aromatic carbocycles. The van der Waals surface area contributed by atoms with Crippen LogP contribution in [0.5, 0.6) is 0 Å². The molecule has 8 heteroatoms. The number of sulfone groups is 1. The molecule has 0 aliphatic heterocycles. The van der Waals surface area contributed by atoms with Gasteiger partial charge in [-0.15, -0.1) is 0 Å². The number of Topliss-reactive ketones (excluding diaryl/α,β-unsaturated/α-hetero) is 2. The SMILES string of the molecule is CCCCS(=O)(=O)C=C1C(=O)C(C)(C)[C@@H]2CC[C@]3(C)C(=CC(=O)[C@@H]4[C@@H]5CC(C)(C)CC[C@]5(C(=O)OC)CC[C@]43C)[C@@]2(C)C1=O. The van der Waals surface area contributed by atoms with Gasteiger partial charge in [0.15, 0.2) is 27.2 Å². The van der Waals surface area contributed by atoms with Crippen LogP contribution in [0, 0.1) is 50.2 Å². The van der Waals surface area contributed by atoms with Gasteiger partial charge in [0.25, 0.3) is 0 Å². The summed E-state index contributed by atoms with van der Waals surface area (Å²) in [6.07, 6.45) is 7.74. The molecule has 0 aromatic rings. The largest absolute Gasteiger partial charge is 0.469 e. The number of hydrogen-bond donors (Lipinski definition) is 0. The number of hydrogen-bond acceptors (Lipinski definition) is 7. The number of ketones is 3. The van der Waals surface area contributed by atoms with E-state index in [1.54, 1.807) is 6.08 Å². The molecule has 0 N–H and O–H groups in total. The summed E-state index contributed by atoms with van der Waals surface area (Å²) in [7, 11) is -2.34. The first-order valence-electron chi connectivity index (χ1n) is 16.6. The summed E-state index contributed by atoms with van der Waals surface area (Å²) in [6.45, 7) is 16.2. The molecule has 0 unspecified atom stereocenters. The third-order valence-corrected chi connectivity index (χ3v) is 15.1. The number of methoxy groups -OCH3 is 1. The fraction of sp³-hybridized carbons (Fsp3) is 0.778. The maximum Gasteiger partial charge on any atom is 0.312 e. The van der Waals surface area contributed by atoms with Gasteiger partial charge in [-0.05, 0) is 98.0 Å². The van der Waals surface area contributed by atoms with Crippen LogP contribution >= 0.6 is 0 Å². The first-order chi connectivity index (χ1) is 20.2. The zero-order valence-electron chi connectivity index (χ0n) is 28.2. The summed E-state index contributed by atoms with van der Waals surface area (Å²) in [6, 6.07) is 0. The van der Waals surface area contributed by atoms with E-state index in [1.165, 1.54) is 7.11 Å². The Kier molecular flexibility index (Phi) is 7.72. The van der Waals surface area contributed by atoms with Crippen LogP contribution < -0.4 is 0 Å². The van der Waals surface area contributed by atoms with Crippen molar-refractivity contribution in [3.8, 4) is 0 Å². The summed E-state index contributed by atoms with van der Waals surface area (Å²) in [5.41, 5.74) is -3.52. The lowest BCUT2D eigenvalue weighted by molar-refractivity contribution is -0.192. The van der Waals surface area contributed by atoms with Crippen molar-refractivity contribution in [2.75, 3.05) is 12.9 Å². The van der Waals surface area contributed by atoms with E-state index < -0.39 is 54.4 Å². The Hall–Kier alpha value is -2.09. The monoisotopic (exact) mass is 628 g/mol. The lowest BCUT2D eigenvalue weighted by Crippen LogP contribution is -2.67. The van der Waals surface area contributed by atoms with Gasteiger partial charge in [0.1, 0.15) is 0 Å². The molecular weight excluding hydrogens is 576 g/mol. The van der Waals surface area contributed by atoms with E-state index >= 15 is 0 Å². The molecule has 0 saturated heterocycles. The maximum absolute atomic E-state index is 14.6. The Labute approximate surface area is 263 Å². The number of ether oxygens (including phenoxy) is 1. The summed E-state index contributed by atoms with van der Waals surface area (Å²) in [5.74, 6) is -2.24. The fourth-order valence-corrected chi connectivity index (χ4v) is 12.2. The highest BCUT2D eigenvalue weighted by Crippen LogP contribution is 2.74. The van der Waals surface area contributed by atoms with Gasteiger partial charge in [-0.1, -0.05) is 54.9 Å². The van der Waals surface area contributed by atoms with Gasteiger partial charge in [0, 0.05) is 16.7 Å². The number of carbonyl (C=O) groups excluding carboxylic acids is 4. The van der Waals surface area contributed by atoms with Gasteiger partial charge in [0.2, 0.25) is 0 Å². The minimum absolute atomic E-state index is 0.0259. The molecule has 0 radical (unpaired) electrons. The second kappa shape index (κ2) is 10.2. The molecule has 7 atom stereocenters. The van der Waals surface area contributed by atoms with Gasteiger partial charge in [-0.2, -0.15) is 0 Å². The van der Waals surface area contributed by atoms with E-state index in [-0.39, 0.29) is 40.3 Å². The first-order valence-corrected chi connectivity index (χ1v) is 18.3. The minimum atomic E-state index is -3.79. The lowest BCUT2D eigenvalue weighted by atomic mass is 9.33. The molecule has 44 heavy (non-hydrogen) atoms. The van der Waals surface area contributed by atoms with Crippen LogP contribution in [0.25, 0.3) is 0 Å². The predicted octanol–water partition coefficient (Wildman–Crippen LogP) is 6.60. The normalized spacial score (nSPS) is 42.0. The Bertz CT molecular complexity index is 1480. The third-order valence-electron chi connectivity index (χ3n) is 13.6. The fourth-order valence-electron chi connectivity index (χ4n) is 10.9. The van der Waals surface area contributed by atoms with Crippen molar-refractivity contribution in [3.63, 3.8) is 0 Å². The highest BCUT2D eigenvalue weighted by Gasteiger charge is 2.73. The average Bonchev–Trinajstić information content (AvgIpc) is 2.94. The molecule has 0 aromatic heterocycles. The van der Waals surface area contributed by atoms with E-state index in [9.17, 15) is 27.6 Å². The van der Waals surface area contributed by atoms with Crippen LogP contribution in [0.3, 0.4) is 0 Å². The molecule has 0 bridgehead atoms. The molecule has 4 saturated carbocycles. The molecule has 5 rings (SSSR count). The predicted molar refractivity (Wildman–Crippen MR) is 169 cm³/mol. The number of fused-ring (bicyclic) bond motifs is 7. The standard InChI is InChI=1S/C36H52O7S/c1-10-11-18-44(41,42)21-22-28(38)32(4,5)25-12-13-33(6)26(35(25,8)29(22)39)19-24(37)27-23-20-31(2,3)14-16-36(23,30(40)43-9)17-15-34(27,33)7/h19,21,23,25,27H,10-18,20H2,1-9H3/t23-,25-,27-,33+,34+,35-,36-/m0/s1. The van der Waals surface area contributed by atoms with Crippen molar-refractivity contribution in [2.45, 2.75) is 113 Å². The molecule has 244 valence electrons. The Morgan fingerprint density at radius 3 is 2.20 bits per heavy atom.